The number of urea groups is 1. The minimum Gasteiger partial charge on any atom is -0.465 e. The number of primary amides is 1. The Kier molecular flexibility index (Phi) is 6.32. The SMILES string of the molecule is CCCOC(=O)C(C)(C)COS(=O)(=O)ON1C(=O)N2C[C@H]1CC[C@H]2C(N)=O. The quantitative estimate of drug-likeness (QED) is 0.522. The summed E-state index contributed by atoms with van der Waals surface area (Å²) in [7, 11) is -4.61. The lowest BCUT2D eigenvalue weighted by Crippen LogP contribution is -2.47. The van der Waals surface area contributed by atoms with E-state index < -0.39 is 52.4 Å². The number of hydrogen-bond donors (Lipinski definition) is 1. The first kappa shape index (κ1) is 21.4. The molecule has 27 heavy (non-hydrogen) atoms. The topological polar surface area (TPSA) is 146 Å². The molecule has 0 spiro atoms. The first-order valence-electron chi connectivity index (χ1n) is 8.64. The number of fused-ring (bicyclic) bond motifs is 2. The fraction of sp³-hybridized carbons (Fsp3) is 0.800. The van der Waals surface area contributed by atoms with E-state index >= 15 is 0 Å². The van der Waals surface area contributed by atoms with Crippen LogP contribution in [0.25, 0.3) is 0 Å². The van der Waals surface area contributed by atoms with E-state index in [-0.39, 0.29) is 13.2 Å². The van der Waals surface area contributed by atoms with E-state index in [1.54, 1.807) is 0 Å². The Morgan fingerprint density at radius 3 is 2.56 bits per heavy atom. The molecule has 154 valence electrons. The van der Waals surface area contributed by atoms with Crippen molar-refractivity contribution in [3.8, 4) is 0 Å². The van der Waals surface area contributed by atoms with Gasteiger partial charge >= 0.3 is 22.4 Å². The third-order valence-electron chi connectivity index (χ3n) is 4.38. The normalized spacial score (nSPS) is 22.9. The first-order valence-corrected chi connectivity index (χ1v) is 9.97. The van der Waals surface area contributed by atoms with Crippen LogP contribution in [0.2, 0.25) is 0 Å². The Bertz CT molecular complexity index is 708. The van der Waals surface area contributed by atoms with Crippen molar-refractivity contribution in [2.45, 2.75) is 52.1 Å². The number of hydrogen-bond acceptors (Lipinski definition) is 8. The zero-order chi connectivity index (χ0) is 20.4. The molecule has 3 amide bonds. The predicted octanol–water partition coefficient (Wildman–Crippen LogP) is -0.0873. The molecule has 2 N–H and O–H groups in total. The Hall–Kier alpha value is -1.92. The molecule has 2 bridgehead atoms. The number of nitrogens with two attached hydrogens (primary N) is 1. The fourth-order valence-electron chi connectivity index (χ4n) is 2.81. The highest BCUT2D eigenvalue weighted by molar-refractivity contribution is 7.81. The molecule has 11 nitrogen and oxygen atoms in total. The number of ether oxygens (including phenoxy) is 1. The summed E-state index contributed by atoms with van der Waals surface area (Å²) in [6, 6.07) is -2.10. The van der Waals surface area contributed by atoms with Crippen LogP contribution in [-0.2, 0) is 33.2 Å². The summed E-state index contributed by atoms with van der Waals surface area (Å²) in [6.45, 7) is 4.61. The van der Waals surface area contributed by atoms with E-state index in [1.807, 2.05) is 6.92 Å². The van der Waals surface area contributed by atoms with Crippen LogP contribution in [0.15, 0.2) is 0 Å². The van der Waals surface area contributed by atoms with E-state index in [2.05, 4.69) is 0 Å². The van der Waals surface area contributed by atoms with Gasteiger partial charge in [-0.25, -0.2) is 8.98 Å². The summed E-state index contributed by atoms with van der Waals surface area (Å²) in [5.74, 6) is -1.27. The molecule has 2 aliphatic rings. The van der Waals surface area contributed by atoms with E-state index in [0.29, 0.717) is 24.3 Å². The van der Waals surface area contributed by atoms with E-state index in [4.69, 9.17) is 18.9 Å². The molecule has 0 aromatic rings. The molecule has 2 saturated heterocycles. The van der Waals surface area contributed by atoms with Crippen molar-refractivity contribution in [1.82, 2.24) is 9.96 Å². The number of piperidine rings is 1. The zero-order valence-electron chi connectivity index (χ0n) is 15.5. The Morgan fingerprint density at radius 2 is 1.96 bits per heavy atom. The van der Waals surface area contributed by atoms with Crippen LogP contribution in [0.4, 0.5) is 4.79 Å². The average Bonchev–Trinajstić information content (AvgIpc) is 2.82. The number of carbonyl (C=O) groups is 3. The Balaban J connectivity index is 1.97. The summed E-state index contributed by atoms with van der Waals surface area (Å²) in [5, 5.41) is 0.681. The second-order valence-corrected chi connectivity index (χ2v) is 8.38. The average molecular weight is 407 g/mol. The van der Waals surface area contributed by atoms with Gasteiger partial charge in [0, 0.05) is 6.54 Å². The maximum Gasteiger partial charge on any atom is 0.421 e. The molecule has 12 heteroatoms. The molecule has 0 unspecified atom stereocenters. The molecule has 2 fully saturated rings. The lowest BCUT2D eigenvalue weighted by molar-refractivity contribution is -0.155. The molecule has 0 aromatic heterocycles. The minimum atomic E-state index is -4.61. The van der Waals surface area contributed by atoms with Gasteiger partial charge in [0.25, 0.3) is 0 Å². The number of nitrogens with zero attached hydrogens (tertiary/aromatic N) is 2. The first-order chi connectivity index (χ1) is 12.5. The summed E-state index contributed by atoms with van der Waals surface area (Å²) in [6.07, 6.45) is 1.31. The smallest absolute Gasteiger partial charge is 0.421 e. The van der Waals surface area contributed by atoms with Gasteiger partial charge in [0.2, 0.25) is 5.91 Å². The maximum absolute atomic E-state index is 12.3. The second-order valence-electron chi connectivity index (χ2n) is 7.17. The van der Waals surface area contributed by atoms with Crippen molar-refractivity contribution in [3.63, 3.8) is 0 Å². The van der Waals surface area contributed by atoms with Crippen molar-refractivity contribution >= 4 is 28.3 Å². The van der Waals surface area contributed by atoms with Crippen LogP contribution in [0.5, 0.6) is 0 Å². The lowest BCUT2D eigenvalue weighted by Gasteiger charge is -2.27. The molecule has 0 aromatic carbocycles. The van der Waals surface area contributed by atoms with Gasteiger partial charge in [-0.2, -0.15) is 13.5 Å². The number of esters is 1. The largest absolute Gasteiger partial charge is 0.465 e. The van der Waals surface area contributed by atoms with Gasteiger partial charge in [-0.1, -0.05) is 6.92 Å². The molecule has 0 radical (unpaired) electrons. The second kappa shape index (κ2) is 7.98. The van der Waals surface area contributed by atoms with Gasteiger partial charge in [-0.05, 0) is 33.1 Å². The Labute approximate surface area is 158 Å². The zero-order valence-corrected chi connectivity index (χ0v) is 16.4. The van der Waals surface area contributed by atoms with Gasteiger partial charge in [0.15, 0.2) is 0 Å². The molecule has 0 aliphatic carbocycles. The monoisotopic (exact) mass is 407 g/mol. The lowest BCUT2D eigenvalue weighted by atomic mass is 9.95. The van der Waals surface area contributed by atoms with E-state index in [0.717, 1.165) is 0 Å². The predicted molar refractivity (Wildman–Crippen MR) is 90.9 cm³/mol. The van der Waals surface area contributed by atoms with E-state index in [1.165, 1.54) is 18.7 Å². The summed E-state index contributed by atoms with van der Waals surface area (Å²) < 4.78 is 38.8. The van der Waals surface area contributed by atoms with E-state index in [9.17, 15) is 22.8 Å². The third kappa shape index (κ3) is 4.87. The molecule has 2 aliphatic heterocycles. The van der Waals surface area contributed by atoms with Crippen molar-refractivity contribution in [2.75, 3.05) is 19.8 Å². The third-order valence-corrected chi connectivity index (χ3v) is 5.13. The number of carbonyl (C=O) groups excluding carboxylic acids is 3. The van der Waals surface area contributed by atoms with Crippen LogP contribution in [0.3, 0.4) is 0 Å². The molecular weight excluding hydrogens is 382 g/mol. The maximum atomic E-state index is 12.3. The fourth-order valence-corrected chi connectivity index (χ4v) is 3.68. The van der Waals surface area contributed by atoms with Gasteiger partial charge in [-0.3, -0.25) is 9.59 Å². The highest BCUT2D eigenvalue weighted by atomic mass is 32.3. The number of rotatable bonds is 9. The van der Waals surface area contributed by atoms with Crippen LogP contribution in [-0.4, -0.2) is 68.1 Å². The van der Waals surface area contributed by atoms with Gasteiger partial charge in [0.1, 0.15) is 6.04 Å². The molecule has 0 saturated carbocycles. The van der Waals surface area contributed by atoms with Crippen molar-refractivity contribution in [1.29, 1.82) is 0 Å². The molecular formula is C15H25N3O8S. The van der Waals surface area contributed by atoms with Crippen LogP contribution < -0.4 is 5.73 Å². The van der Waals surface area contributed by atoms with Crippen LogP contribution in [0.1, 0.15) is 40.0 Å². The van der Waals surface area contributed by atoms with Gasteiger partial charge in [0.05, 0.1) is 24.7 Å². The molecule has 2 rings (SSSR count). The number of hydroxylamine groups is 2. The highest BCUT2D eigenvalue weighted by Crippen LogP contribution is 2.31. The molecule has 2 atom stereocenters. The van der Waals surface area contributed by atoms with Crippen molar-refractivity contribution in [2.24, 2.45) is 11.1 Å². The summed E-state index contributed by atoms with van der Waals surface area (Å²) in [4.78, 5) is 36.9. The van der Waals surface area contributed by atoms with Gasteiger partial charge in [-0.15, -0.1) is 4.28 Å². The Morgan fingerprint density at radius 1 is 1.30 bits per heavy atom. The summed E-state index contributed by atoms with van der Waals surface area (Å²) in [5.41, 5.74) is 4.04. The van der Waals surface area contributed by atoms with Gasteiger partial charge < -0.3 is 15.4 Å². The van der Waals surface area contributed by atoms with Crippen LogP contribution in [0, 0.1) is 5.41 Å². The summed E-state index contributed by atoms with van der Waals surface area (Å²) >= 11 is 0. The van der Waals surface area contributed by atoms with Crippen molar-refractivity contribution in [3.05, 3.63) is 0 Å². The number of amides is 3. The van der Waals surface area contributed by atoms with Crippen LogP contribution >= 0.6 is 0 Å². The molecule has 2 heterocycles. The highest BCUT2D eigenvalue weighted by Gasteiger charge is 2.49. The van der Waals surface area contributed by atoms with Crippen molar-refractivity contribution < 1.29 is 36.0 Å². The minimum absolute atomic E-state index is 0.136. The standard InChI is InChI=1S/C15H25N3O8S/c1-4-7-24-13(20)15(2,3)9-25-27(22,23)26-18-10-5-6-11(12(16)19)17(8-10)14(18)21/h10-11H,4-9H2,1-3H3,(H2,16,19)/t10-,11+/m1/s1.